The number of hydrogen-bond acceptors (Lipinski definition) is 1. The molecule has 13 aromatic rings. The Kier molecular flexibility index (Phi) is 8.59. The van der Waals surface area contributed by atoms with Crippen LogP contribution in [0.5, 0.6) is 0 Å². The minimum Gasteiger partial charge on any atom is -0.316 e. The zero-order valence-electron chi connectivity index (χ0n) is 38.4. The van der Waals surface area contributed by atoms with Crippen molar-refractivity contribution in [1.29, 1.82) is 0 Å². The molecule has 0 amide bonds. The maximum absolute atomic E-state index is 2.50. The summed E-state index contributed by atoms with van der Waals surface area (Å²) in [6.07, 6.45) is 2.20. The van der Waals surface area contributed by atoms with Gasteiger partial charge in [0.1, 0.15) is 0 Å². The van der Waals surface area contributed by atoms with Crippen LogP contribution in [0.4, 0.5) is 17.1 Å². The number of aromatic nitrogens is 3. The average Bonchev–Trinajstić information content (AvgIpc) is 4.14. The minimum absolute atomic E-state index is 0.127. The van der Waals surface area contributed by atoms with Crippen molar-refractivity contribution in [2.24, 2.45) is 0 Å². The van der Waals surface area contributed by atoms with Gasteiger partial charge < -0.3 is 18.6 Å². The summed E-state index contributed by atoms with van der Waals surface area (Å²) in [6.45, 7) is 4.72. The number of anilines is 3. The normalized spacial score (nSPS) is 12.9. The Morgan fingerprint density at radius 2 is 0.971 bits per heavy atom. The summed E-state index contributed by atoms with van der Waals surface area (Å²) in [5, 5.41) is 6.14. The first-order valence-electron chi connectivity index (χ1n) is 23.9. The van der Waals surface area contributed by atoms with Gasteiger partial charge in [-0.2, -0.15) is 0 Å². The van der Waals surface area contributed by atoms with Crippen LogP contribution in [-0.2, 0) is 5.41 Å². The molecular weight excluding hydrogens is 837 g/mol. The fourth-order valence-electron chi connectivity index (χ4n) is 11.6. The van der Waals surface area contributed by atoms with Crippen LogP contribution in [0.2, 0.25) is 0 Å². The van der Waals surface area contributed by atoms with Crippen molar-refractivity contribution in [2.75, 3.05) is 4.90 Å². The summed E-state index contributed by atoms with van der Waals surface area (Å²) >= 11 is 0. The van der Waals surface area contributed by atoms with Gasteiger partial charge in [0.25, 0.3) is 0 Å². The first kappa shape index (κ1) is 39.3. The zero-order chi connectivity index (χ0) is 45.8. The lowest BCUT2D eigenvalue weighted by Gasteiger charge is -2.28. The fraction of sp³-hybridized carbons (Fsp3) is 0.0462. The molecule has 0 saturated heterocycles. The molecule has 0 bridgehead atoms. The van der Waals surface area contributed by atoms with Gasteiger partial charge in [0.2, 0.25) is 0 Å². The van der Waals surface area contributed by atoms with Crippen molar-refractivity contribution >= 4 is 71.6 Å². The number of rotatable bonds is 7. The Morgan fingerprint density at radius 1 is 0.362 bits per heavy atom. The van der Waals surface area contributed by atoms with Crippen LogP contribution < -0.4 is 4.90 Å². The molecule has 0 atom stereocenters. The van der Waals surface area contributed by atoms with E-state index < -0.39 is 0 Å². The average molecular weight is 883 g/mol. The molecule has 0 unspecified atom stereocenters. The molecule has 0 spiro atoms. The van der Waals surface area contributed by atoms with E-state index in [1.54, 1.807) is 0 Å². The lowest BCUT2D eigenvalue weighted by atomic mass is 9.82. The van der Waals surface area contributed by atoms with Gasteiger partial charge in [-0.25, -0.2) is 0 Å². The second kappa shape index (κ2) is 15.1. The van der Waals surface area contributed by atoms with Crippen LogP contribution in [0.15, 0.2) is 243 Å². The quantitative estimate of drug-likeness (QED) is 0.156. The van der Waals surface area contributed by atoms with E-state index in [2.05, 4.69) is 275 Å². The fourth-order valence-corrected chi connectivity index (χ4v) is 11.6. The molecule has 4 heteroatoms. The van der Waals surface area contributed by atoms with Gasteiger partial charge in [0.15, 0.2) is 0 Å². The molecule has 10 aromatic carbocycles. The van der Waals surface area contributed by atoms with E-state index in [1.807, 2.05) is 0 Å². The Morgan fingerprint density at radius 3 is 1.74 bits per heavy atom. The van der Waals surface area contributed by atoms with Crippen LogP contribution in [0, 0.1) is 0 Å². The van der Waals surface area contributed by atoms with Crippen molar-refractivity contribution < 1.29 is 0 Å². The molecule has 0 fully saturated rings. The van der Waals surface area contributed by atoms with Crippen LogP contribution >= 0.6 is 0 Å². The molecule has 326 valence electrons. The van der Waals surface area contributed by atoms with Gasteiger partial charge in [0.05, 0.1) is 27.6 Å². The van der Waals surface area contributed by atoms with E-state index in [4.69, 9.17) is 0 Å². The molecule has 0 radical (unpaired) electrons. The smallest absolute Gasteiger partial charge is 0.0641 e. The first-order valence-corrected chi connectivity index (χ1v) is 23.9. The van der Waals surface area contributed by atoms with Crippen molar-refractivity contribution in [1.82, 2.24) is 13.7 Å². The number of fused-ring (bicyclic) bond motifs is 11. The largest absolute Gasteiger partial charge is 0.316 e. The summed E-state index contributed by atoms with van der Waals surface area (Å²) in [5.74, 6) is 0. The van der Waals surface area contributed by atoms with E-state index in [1.165, 1.54) is 87.9 Å². The lowest BCUT2D eigenvalue weighted by molar-refractivity contribution is 0.660. The molecule has 1 aliphatic rings. The Balaban J connectivity index is 0.975. The van der Waals surface area contributed by atoms with Crippen LogP contribution in [0.1, 0.15) is 25.0 Å². The van der Waals surface area contributed by atoms with Gasteiger partial charge in [-0.3, -0.25) is 0 Å². The molecule has 69 heavy (non-hydrogen) atoms. The molecule has 1 aliphatic carbocycles. The molecule has 0 N–H and O–H groups in total. The highest BCUT2D eigenvalue weighted by molar-refractivity contribution is 6.27. The number of para-hydroxylation sites is 3. The minimum atomic E-state index is -0.127. The SMILES string of the molecule is CC1(C)c2ccccc2-c2ccc(N(c3ccc(-c4ccccc4)cc3)c3ccc(-n4c5ccccc5c5ccc6c(c7cc8ccn(-c9ccccc9)c8cc7n6-c6ccccc6)c54)cc3)cc21. The highest BCUT2D eigenvalue weighted by atomic mass is 15.1. The van der Waals surface area contributed by atoms with Gasteiger partial charge >= 0.3 is 0 Å². The van der Waals surface area contributed by atoms with Crippen LogP contribution in [0.3, 0.4) is 0 Å². The predicted molar refractivity (Wildman–Crippen MR) is 290 cm³/mol. The molecule has 3 heterocycles. The van der Waals surface area contributed by atoms with Gasteiger partial charge in [-0.15, -0.1) is 0 Å². The second-order valence-corrected chi connectivity index (χ2v) is 19.0. The number of nitrogens with zero attached hydrogens (tertiary/aromatic N) is 4. The van der Waals surface area contributed by atoms with Crippen LogP contribution in [-0.4, -0.2) is 13.7 Å². The monoisotopic (exact) mass is 882 g/mol. The Labute approximate surface area is 400 Å². The standard InChI is InChI=1S/C65H46N4/c1-65(2)57-24-14-12-22-52(57)53-35-34-51(41-58(53)65)67(48-28-26-44(27-29-48)43-16-6-3-7-17-43)49-30-32-50(33-31-49)69-59-25-15-13-23-54(59)55-36-37-60-63(64(55)69)56-40-45-38-39-66(46-18-8-4-9-19-46)61(45)42-62(56)68(60)47-20-10-5-11-21-47/h3-42H,1-2H3. The van der Waals surface area contributed by atoms with Crippen molar-refractivity contribution in [3.8, 4) is 39.3 Å². The second-order valence-electron chi connectivity index (χ2n) is 19.0. The number of hydrogen-bond donors (Lipinski definition) is 0. The van der Waals surface area contributed by atoms with E-state index in [9.17, 15) is 0 Å². The van der Waals surface area contributed by atoms with E-state index >= 15 is 0 Å². The number of benzene rings is 10. The Hall–Kier alpha value is -8.86. The molecule has 14 rings (SSSR count). The molecule has 0 saturated carbocycles. The van der Waals surface area contributed by atoms with Gasteiger partial charge in [0, 0.05) is 72.7 Å². The van der Waals surface area contributed by atoms with Gasteiger partial charge in [-0.05, 0) is 137 Å². The third kappa shape index (κ3) is 5.95. The van der Waals surface area contributed by atoms with E-state index in [-0.39, 0.29) is 5.41 Å². The third-order valence-corrected chi connectivity index (χ3v) is 14.8. The molecule has 0 aliphatic heterocycles. The maximum Gasteiger partial charge on any atom is 0.0641 e. The zero-order valence-corrected chi connectivity index (χ0v) is 38.4. The summed E-state index contributed by atoms with van der Waals surface area (Å²) < 4.78 is 7.26. The first-order chi connectivity index (χ1) is 34.0. The highest BCUT2D eigenvalue weighted by Crippen LogP contribution is 2.51. The van der Waals surface area contributed by atoms with E-state index in [0.717, 1.165) is 34.1 Å². The molecule has 4 nitrogen and oxygen atoms in total. The lowest BCUT2D eigenvalue weighted by Crippen LogP contribution is -2.16. The Bertz CT molecular complexity index is 4120. The summed E-state index contributed by atoms with van der Waals surface area (Å²) in [6, 6.07) is 86.9. The molecular formula is C65H46N4. The third-order valence-electron chi connectivity index (χ3n) is 14.8. The highest BCUT2D eigenvalue weighted by Gasteiger charge is 2.36. The van der Waals surface area contributed by atoms with Gasteiger partial charge in [-0.1, -0.05) is 147 Å². The summed E-state index contributed by atoms with van der Waals surface area (Å²) in [7, 11) is 0. The van der Waals surface area contributed by atoms with Crippen molar-refractivity contribution in [2.45, 2.75) is 19.3 Å². The topological polar surface area (TPSA) is 18.0 Å². The van der Waals surface area contributed by atoms with Crippen molar-refractivity contribution in [3.63, 3.8) is 0 Å². The summed E-state index contributed by atoms with van der Waals surface area (Å²) in [5.41, 5.74) is 20.3. The van der Waals surface area contributed by atoms with Crippen LogP contribution in [0.25, 0.3) is 93.8 Å². The molecule has 3 aromatic heterocycles. The van der Waals surface area contributed by atoms with E-state index in [0.29, 0.717) is 0 Å². The maximum atomic E-state index is 2.50. The summed E-state index contributed by atoms with van der Waals surface area (Å²) in [4.78, 5) is 2.42. The predicted octanol–water partition coefficient (Wildman–Crippen LogP) is 17.3. The van der Waals surface area contributed by atoms with Crippen molar-refractivity contribution in [3.05, 3.63) is 254 Å².